The minimum Gasteiger partial charge on any atom is -0.462 e. The Labute approximate surface area is 713 Å². The zero-order valence-electron chi connectivity index (χ0n) is 75.8. The molecule has 1 rings (SSSR count). The van der Waals surface area contributed by atoms with Gasteiger partial charge in [0.15, 0.2) is 12.4 Å². The monoisotopic (exact) mass is 1690 g/mol. The lowest BCUT2D eigenvalue weighted by molar-refractivity contribution is -0.278. The van der Waals surface area contributed by atoms with Gasteiger partial charge >= 0.3 is 31.7 Å². The van der Waals surface area contributed by atoms with Crippen molar-refractivity contribution in [1.82, 2.24) is 10.6 Å². The Bertz CT molecular complexity index is 2380. The lowest BCUT2D eigenvalue weighted by Gasteiger charge is -2.46. The predicted molar refractivity (Wildman–Crippen MR) is 472 cm³/mol. The molecule has 22 heteroatoms. The molecule has 1 aliphatic heterocycles. The first-order chi connectivity index (χ1) is 56.9. The van der Waals surface area contributed by atoms with Crippen LogP contribution in [0.4, 0.5) is 0 Å². The number of unbranched alkanes of at least 4 members (excludes halogenated alkanes) is 54. The zero-order chi connectivity index (χ0) is 85.8. The van der Waals surface area contributed by atoms with Crippen molar-refractivity contribution in [3.63, 3.8) is 0 Å². The summed E-state index contributed by atoms with van der Waals surface area (Å²) < 4.78 is 56.0. The van der Waals surface area contributed by atoms with Crippen LogP contribution in [-0.2, 0) is 66.3 Å². The van der Waals surface area contributed by atoms with Crippen LogP contribution in [-0.4, -0.2) is 143 Å². The number of carbonyl (C=O) groups is 6. The number of phosphoric acid groups is 1. The fourth-order valence-corrected chi connectivity index (χ4v) is 16.5. The Morgan fingerprint density at radius 2 is 0.632 bits per heavy atom. The minimum absolute atomic E-state index is 0.139. The van der Waals surface area contributed by atoms with Crippen molar-refractivity contribution in [2.75, 3.05) is 33.0 Å². The van der Waals surface area contributed by atoms with Gasteiger partial charge < -0.3 is 64.2 Å². The molecule has 0 aromatic carbocycles. The summed E-state index contributed by atoms with van der Waals surface area (Å²) in [6.07, 6.45) is 55.4. The highest BCUT2D eigenvalue weighted by atomic mass is 31.2. The van der Waals surface area contributed by atoms with Crippen LogP contribution >= 0.6 is 7.82 Å². The highest BCUT2D eigenvalue weighted by molar-refractivity contribution is 7.46. The molecule has 117 heavy (non-hydrogen) atoms. The summed E-state index contributed by atoms with van der Waals surface area (Å²) in [5.41, 5.74) is -1.69. The lowest BCUT2D eigenvalue weighted by Crippen LogP contribution is -2.67. The van der Waals surface area contributed by atoms with Gasteiger partial charge in [-0.05, 0) is 57.8 Å². The molecule has 1 aliphatic rings. The summed E-state index contributed by atoms with van der Waals surface area (Å²) in [7, 11) is -5.56. The van der Waals surface area contributed by atoms with Crippen LogP contribution in [0.3, 0.4) is 0 Å². The van der Waals surface area contributed by atoms with Gasteiger partial charge in [0, 0.05) is 25.8 Å². The first-order valence-electron chi connectivity index (χ1n) is 49.0. The Morgan fingerprint density at radius 1 is 0.359 bits per heavy atom. The largest absolute Gasteiger partial charge is 0.470 e. The summed E-state index contributed by atoms with van der Waals surface area (Å²) in [6, 6.07) is -1.73. The van der Waals surface area contributed by atoms with Gasteiger partial charge in [-0.15, -0.1) is 0 Å². The SMILES string of the molecule is CCCCCCCCCCCCCC(=O)O[C@H](CCCCCCCCCCC)CC(=O)NCC(CO)(CO)CO[C@@H]1OC(CO)[C@H](OP(=O)(O)O)[C@H](OC(=O)C[C@@H](CCCCCCCCCCC)OC(=O)CCCCCCCCCCCCC)C1NC(=O)C[C@@H](CCCCCCCCCCC)OC(=O)CCCCCCCCCCCCC. The number of rotatable bonds is 87. The molecule has 2 amide bonds. The second kappa shape index (κ2) is 78.7. The molecule has 1 heterocycles. The van der Waals surface area contributed by atoms with Crippen molar-refractivity contribution in [2.45, 2.75) is 534 Å². The van der Waals surface area contributed by atoms with Gasteiger partial charge in [0.1, 0.15) is 36.6 Å². The zero-order valence-corrected chi connectivity index (χ0v) is 76.7. The molecule has 21 nitrogen and oxygen atoms in total. The highest BCUT2D eigenvalue weighted by Crippen LogP contribution is 2.43. The predicted octanol–water partition coefficient (Wildman–Crippen LogP) is 23.5. The number of aliphatic hydroxyl groups excluding tert-OH is 3. The Kier molecular flexibility index (Phi) is 75.2. The molecule has 0 radical (unpaired) electrons. The van der Waals surface area contributed by atoms with E-state index >= 15 is 4.79 Å². The van der Waals surface area contributed by atoms with Crippen LogP contribution in [0.2, 0.25) is 0 Å². The number of carbonyl (C=O) groups excluding carboxylic acids is 6. The van der Waals surface area contributed by atoms with Crippen molar-refractivity contribution < 1.29 is 91.4 Å². The lowest BCUT2D eigenvalue weighted by atomic mass is 9.90. The van der Waals surface area contributed by atoms with Crippen LogP contribution in [0.5, 0.6) is 0 Å². The van der Waals surface area contributed by atoms with E-state index in [1.807, 2.05) is 0 Å². The number of aliphatic hydroxyl groups is 3. The van der Waals surface area contributed by atoms with E-state index in [1.54, 1.807) is 0 Å². The third-order valence-electron chi connectivity index (χ3n) is 23.5. The van der Waals surface area contributed by atoms with Crippen molar-refractivity contribution in [2.24, 2.45) is 5.41 Å². The maximum atomic E-state index is 15.0. The second-order valence-corrected chi connectivity index (χ2v) is 36.1. The van der Waals surface area contributed by atoms with Gasteiger partial charge in [-0.1, -0.05) is 388 Å². The summed E-state index contributed by atoms with van der Waals surface area (Å²) in [5, 5.41) is 39.3. The summed E-state index contributed by atoms with van der Waals surface area (Å²) >= 11 is 0. The number of amides is 2. The van der Waals surface area contributed by atoms with Gasteiger partial charge in [0.25, 0.3) is 0 Å². The molecule has 7 N–H and O–H groups in total. The van der Waals surface area contributed by atoms with E-state index in [1.165, 1.54) is 173 Å². The number of phosphoric ester groups is 1. The first kappa shape index (κ1) is 112. The van der Waals surface area contributed by atoms with E-state index < -0.39 is 131 Å². The van der Waals surface area contributed by atoms with Crippen LogP contribution in [0.1, 0.15) is 485 Å². The molecular weight excluding hydrogens is 1500 g/mol. The van der Waals surface area contributed by atoms with E-state index in [2.05, 4.69) is 52.2 Å². The van der Waals surface area contributed by atoms with E-state index in [0.717, 1.165) is 180 Å². The standard InChI is InChI=1S/C95H181N2O19P/c1-7-13-19-25-31-37-40-46-52-58-64-70-87(103)111-81(67-61-55-49-43-34-28-22-16-10-4)73-85(101)96-77-95(78-99,79-100)80-110-94-91(97-86(102)74-82(68-62-56-50-44-35-29-23-17-11-5)112-88(104)71-65-59-53-47-41-38-32-26-20-14-8-2)93(92(84(76-98)114-94)116-117(107,108)109)115-90(106)75-83(69-63-57-51-45-36-30-24-18-12-6)113-89(105)72-66-60-54-48-42-39-33-27-21-15-9-3/h81-84,91-94,98-100H,7-80H2,1-6H3,(H,96,101)(H,97,102)(H2,107,108,109)/t81-,82-,83-,84?,91?,92+,93-,94-/m1/s1. The van der Waals surface area contributed by atoms with Gasteiger partial charge in [-0.2, -0.15) is 0 Å². The normalized spacial score (nSPS) is 16.6. The Morgan fingerprint density at radius 3 is 0.915 bits per heavy atom. The molecule has 0 saturated carbocycles. The number of esters is 4. The highest BCUT2D eigenvalue weighted by Gasteiger charge is 2.53. The van der Waals surface area contributed by atoms with E-state index in [9.17, 15) is 53.6 Å². The molecular formula is C95H181N2O19P. The van der Waals surface area contributed by atoms with Crippen LogP contribution in [0, 0.1) is 5.41 Å². The van der Waals surface area contributed by atoms with Gasteiger partial charge in [0.05, 0.1) is 51.1 Å². The van der Waals surface area contributed by atoms with Crippen molar-refractivity contribution in [3.8, 4) is 0 Å². The minimum atomic E-state index is -5.56. The van der Waals surface area contributed by atoms with Crippen LogP contribution in [0.25, 0.3) is 0 Å². The Balaban J connectivity index is 3.84. The number of nitrogens with one attached hydrogen (secondary N) is 2. The average Bonchev–Trinajstić information content (AvgIpc) is 0.777. The fraction of sp³-hybridized carbons (Fsp3) is 0.937. The third-order valence-corrected chi connectivity index (χ3v) is 24.0. The maximum absolute atomic E-state index is 15.0. The molecule has 8 atom stereocenters. The van der Waals surface area contributed by atoms with Crippen LogP contribution in [0.15, 0.2) is 0 Å². The van der Waals surface area contributed by atoms with Crippen LogP contribution < -0.4 is 10.6 Å². The molecule has 2 unspecified atom stereocenters. The van der Waals surface area contributed by atoms with E-state index in [-0.39, 0.29) is 38.2 Å². The number of hydrogen-bond donors (Lipinski definition) is 7. The number of ether oxygens (including phenoxy) is 6. The van der Waals surface area contributed by atoms with Crippen molar-refractivity contribution in [3.05, 3.63) is 0 Å². The molecule has 1 saturated heterocycles. The first-order valence-corrected chi connectivity index (χ1v) is 50.6. The number of hydrogen-bond acceptors (Lipinski definition) is 17. The molecule has 0 spiro atoms. The van der Waals surface area contributed by atoms with Crippen molar-refractivity contribution in [1.29, 1.82) is 0 Å². The topological polar surface area (TPSA) is 309 Å². The van der Waals surface area contributed by atoms with Crippen molar-refractivity contribution >= 4 is 43.5 Å². The smallest absolute Gasteiger partial charge is 0.462 e. The van der Waals surface area contributed by atoms with Gasteiger partial charge in [-0.3, -0.25) is 33.3 Å². The molecule has 0 aliphatic carbocycles. The average molecular weight is 1690 g/mol. The molecule has 0 aromatic heterocycles. The summed E-state index contributed by atoms with van der Waals surface area (Å²) in [4.78, 5) is 106. The molecule has 0 bridgehead atoms. The van der Waals surface area contributed by atoms with Gasteiger partial charge in [-0.25, -0.2) is 4.57 Å². The third kappa shape index (κ3) is 65.1. The second-order valence-electron chi connectivity index (χ2n) is 34.9. The van der Waals surface area contributed by atoms with Gasteiger partial charge in [0.2, 0.25) is 11.8 Å². The summed E-state index contributed by atoms with van der Waals surface area (Å²) in [6.45, 7) is 9.69. The molecule has 0 aromatic rings. The fourth-order valence-electron chi connectivity index (χ4n) is 15.9. The summed E-state index contributed by atoms with van der Waals surface area (Å²) in [5.74, 6) is -3.55. The Hall–Kier alpha value is -3.27. The van der Waals surface area contributed by atoms with E-state index in [4.69, 9.17) is 32.9 Å². The quantitative estimate of drug-likeness (QED) is 0.0129. The maximum Gasteiger partial charge on any atom is 0.470 e. The van der Waals surface area contributed by atoms with E-state index in [0.29, 0.717) is 51.4 Å². The molecule has 1 fully saturated rings. The molecule has 690 valence electrons.